The number of benzene rings is 3. The van der Waals surface area contributed by atoms with Crippen LogP contribution in [-0.4, -0.2) is 20.7 Å². The molecule has 0 bridgehead atoms. The van der Waals surface area contributed by atoms with Crippen molar-refractivity contribution in [3.8, 4) is 5.75 Å². The van der Waals surface area contributed by atoms with Crippen LogP contribution in [0, 0.1) is 0 Å². The number of hydrogen-bond donors (Lipinski definition) is 1. The van der Waals surface area contributed by atoms with E-state index in [0.717, 1.165) is 16.7 Å². The van der Waals surface area contributed by atoms with Crippen LogP contribution in [0.15, 0.2) is 90.4 Å². The molecular weight excluding hydrogens is 499 g/mol. The number of halogens is 2. The van der Waals surface area contributed by atoms with Crippen molar-refractivity contribution >= 4 is 35.1 Å². The second kappa shape index (κ2) is 10.4. The third-order valence-corrected chi connectivity index (χ3v) is 6.58. The summed E-state index contributed by atoms with van der Waals surface area (Å²) < 4.78 is 13.3. The molecule has 0 spiro atoms. The largest absolute Gasteiger partial charge is 0.489 e. The Morgan fingerprint density at radius 2 is 1.69 bits per heavy atom. The van der Waals surface area contributed by atoms with Gasteiger partial charge in [-0.05, 0) is 42.3 Å². The van der Waals surface area contributed by atoms with Crippen LogP contribution < -0.4 is 10.1 Å². The van der Waals surface area contributed by atoms with Crippen LogP contribution in [0.2, 0.25) is 10.0 Å². The molecule has 36 heavy (non-hydrogen) atoms. The molecule has 4 aromatic rings. The molecular formula is C27H22Cl2N4O3. The summed E-state index contributed by atoms with van der Waals surface area (Å²) in [6.45, 7) is 2.23. The van der Waals surface area contributed by atoms with E-state index in [4.69, 9.17) is 32.7 Å². The van der Waals surface area contributed by atoms with Crippen LogP contribution in [0.25, 0.3) is 0 Å². The first kappa shape index (κ1) is 23.9. The number of hydrogen-bond acceptors (Lipinski definition) is 6. The summed E-state index contributed by atoms with van der Waals surface area (Å²) in [4.78, 5) is 17.5. The highest BCUT2D eigenvalue weighted by molar-refractivity contribution is 6.35. The van der Waals surface area contributed by atoms with Gasteiger partial charge < -0.3 is 14.8 Å². The number of fused-ring (bicyclic) bond motifs is 1. The van der Waals surface area contributed by atoms with E-state index >= 15 is 0 Å². The minimum Gasteiger partial charge on any atom is -0.489 e. The second-order valence-corrected chi connectivity index (χ2v) is 9.03. The van der Waals surface area contributed by atoms with E-state index in [9.17, 15) is 4.79 Å². The molecule has 1 unspecified atom stereocenters. The highest BCUT2D eigenvalue weighted by Gasteiger charge is 2.34. The maximum atomic E-state index is 13.3. The number of aromatic nitrogens is 3. The SMILES string of the molecule is CC1=C(C(=O)OCc2ccccc2)C(c2ccc(OCc3c(Cl)cccc3Cl)cc2)n2ncnc2N1. The number of nitrogens with zero attached hydrogens (tertiary/aromatic N) is 3. The van der Waals surface area contributed by atoms with Gasteiger partial charge in [0.15, 0.2) is 0 Å². The minimum atomic E-state index is -0.515. The molecule has 1 atom stereocenters. The Morgan fingerprint density at radius 1 is 0.972 bits per heavy atom. The third kappa shape index (κ3) is 4.94. The number of rotatable bonds is 7. The van der Waals surface area contributed by atoms with Crippen LogP contribution in [0.3, 0.4) is 0 Å². The first-order valence-electron chi connectivity index (χ1n) is 11.3. The molecule has 3 aromatic carbocycles. The predicted octanol–water partition coefficient (Wildman–Crippen LogP) is 6.20. The molecule has 0 aliphatic carbocycles. The standard InChI is InChI=1S/C27H22Cl2N4O3/c1-17-24(26(34)36-14-18-6-3-2-4-7-18)25(33-27(32-17)30-16-31-33)19-10-12-20(13-11-19)35-15-21-22(28)8-5-9-23(21)29/h2-13,16,25H,14-15H2,1H3,(H,30,31,32). The molecule has 1 aliphatic rings. The lowest BCUT2D eigenvalue weighted by Gasteiger charge is -2.28. The van der Waals surface area contributed by atoms with Gasteiger partial charge in [-0.3, -0.25) is 0 Å². The van der Waals surface area contributed by atoms with E-state index in [1.54, 1.807) is 22.9 Å². The summed E-state index contributed by atoms with van der Waals surface area (Å²) in [6, 6.07) is 21.8. The van der Waals surface area contributed by atoms with Gasteiger partial charge >= 0.3 is 5.97 Å². The molecule has 9 heteroatoms. The Bertz CT molecular complexity index is 1400. The van der Waals surface area contributed by atoms with E-state index < -0.39 is 12.0 Å². The van der Waals surface area contributed by atoms with Gasteiger partial charge in [0.1, 0.15) is 31.3 Å². The topological polar surface area (TPSA) is 78.3 Å². The zero-order valence-corrected chi connectivity index (χ0v) is 20.8. The summed E-state index contributed by atoms with van der Waals surface area (Å²) in [5, 5.41) is 8.60. The van der Waals surface area contributed by atoms with E-state index in [-0.39, 0.29) is 13.2 Å². The smallest absolute Gasteiger partial charge is 0.338 e. The van der Waals surface area contributed by atoms with Gasteiger partial charge in [-0.15, -0.1) is 0 Å². The summed E-state index contributed by atoms with van der Waals surface area (Å²) in [7, 11) is 0. The first-order valence-corrected chi connectivity index (χ1v) is 12.0. The molecule has 0 saturated carbocycles. The average molecular weight is 521 g/mol. The zero-order valence-electron chi connectivity index (χ0n) is 19.3. The fourth-order valence-electron chi connectivity index (χ4n) is 4.04. The van der Waals surface area contributed by atoms with Gasteiger partial charge in [0.2, 0.25) is 5.95 Å². The highest BCUT2D eigenvalue weighted by atomic mass is 35.5. The maximum absolute atomic E-state index is 13.3. The third-order valence-electron chi connectivity index (χ3n) is 5.87. The molecule has 2 heterocycles. The second-order valence-electron chi connectivity index (χ2n) is 8.21. The quantitative estimate of drug-likeness (QED) is 0.292. The number of anilines is 1. The number of esters is 1. The molecule has 0 fully saturated rings. The number of carbonyl (C=O) groups excluding carboxylic acids is 1. The van der Waals surface area contributed by atoms with Gasteiger partial charge in [-0.25, -0.2) is 9.48 Å². The van der Waals surface area contributed by atoms with Gasteiger partial charge in [-0.1, -0.05) is 71.7 Å². The summed E-state index contributed by atoms with van der Waals surface area (Å²) in [5.74, 6) is 0.755. The summed E-state index contributed by atoms with van der Waals surface area (Å²) in [6.07, 6.45) is 1.45. The maximum Gasteiger partial charge on any atom is 0.338 e. The molecule has 1 aliphatic heterocycles. The van der Waals surface area contributed by atoms with Gasteiger partial charge in [-0.2, -0.15) is 10.1 Å². The molecule has 0 saturated heterocycles. The van der Waals surface area contributed by atoms with Crippen LogP contribution in [-0.2, 0) is 22.7 Å². The highest BCUT2D eigenvalue weighted by Crippen LogP contribution is 2.36. The normalized spacial score (nSPS) is 14.7. The van der Waals surface area contributed by atoms with Gasteiger partial charge in [0, 0.05) is 21.3 Å². The molecule has 182 valence electrons. The lowest BCUT2D eigenvalue weighted by molar-refractivity contribution is -0.140. The van der Waals surface area contributed by atoms with Crippen molar-refractivity contribution in [2.45, 2.75) is 26.2 Å². The van der Waals surface area contributed by atoms with E-state index in [2.05, 4.69) is 15.4 Å². The lowest BCUT2D eigenvalue weighted by Crippen LogP contribution is -2.29. The molecule has 5 rings (SSSR count). The molecule has 0 radical (unpaired) electrons. The van der Waals surface area contributed by atoms with Crippen molar-refractivity contribution in [3.63, 3.8) is 0 Å². The number of ether oxygens (including phenoxy) is 2. The molecule has 7 nitrogen and oxygen atoms in total. The average Bonchev–Trinajstić information content (AvgIpc) is 3.35. The van der Waals surface area contributed by atoms with Gasteiger partial charge in [0.25, 0.3) is 0 Å². The number of nitrogens with one attached hydrogen (secondary N) is 1. The van der Waals surface area contributed by atoms with Crippen molar-refractivity contribution in [2.24, 2.45) is 0 Å². The van der Waals surface area contributed by atoms with Gasteiger partial charge in [0.05, 0.1) is 5.57 Å². The fourth-order valence-corrected chi connectivity index (χ4v) is 4.54. The van der Waals surface area contributed by atoms with E-state index in [0.29, 0.717) is 33.0 Å². The fraction of sp³-hybridized carbons (Fsp3) is 0.148. The number of carbonyl (C=O) groups is 1. The first-order chi connectivity index (χ1) is 17.5. The minimum absolute atomic E-state index is 0.171. The predicted molar refractivity (Wildman–Crippen MR) is 138 cm³/mol. The molecule has 1 N–H and O–H groups in total. The van der Waals surface area contributed by atoms with Crippen molar-refractivity contribution in [1.82, 2.24) is 14.8 Å². The lowest BCUT2D eigenvalue weighted by atomic mass is 9.95. The van der Waals surface area contributed by atoms with Crippen LogP contribution in [0.4, 0.5) is 5.95 Å². The Kier molecular flexibility index (Phi) is 6.93. The Balaban J connectivity index is 1.38. The Morgan fingerprint density at radius 3 is 2.42 bits per heavy atom. The van der Waals surface area contributed by atoms with Crippen molar-refractivity contribution in [1.29, 1.82) is 0 Å². The Hall–Kier alpha value is -3.81. The van der Waals surface area contributed by atoms with Crippen molar-refractivity contribution in [2.75, 3.05) is 5.32 Å². The summed E-state index contributed by atoms with van der Waals surface area (Å²) >= 11 is 12.5. The van der Waals surface area contributed by atoms with E-state index in [1.165, 1.54) is 6.33 Å². The van der Waals surface area contributed by atoms with Crippen molar-refractivity contribution in [3.05, 3.63) is 117 Å². The van der Waals surface area contributed by atoms with Crippen LogP contribution in [0.5, 0.6) is 5.75 Å². The summed E-state index contributed by atoms with van der Waals surface area (Å²) in [5.41, 5.74) is 3.58. The van der Waals surface area contributed by atoms with Crippen molar-refractivity contribution < 1.29 is 14.3 Å². The van der Waals surface area contributed by atoms with Crippen LogP contribution >= 0.6 is 23.2 Å². The molecule has 0 amide bonds. The Labute approximate surface area is 218 Å². The van der Waals surface area contributed by atoms with Crippen LogP contribution in [0.1, 0.15) is 29.7 Å². The molecule has 1 aromatic heterocycles. The van der Waals surface area contributed by atoms with E-state index in [1.807, 2.05) is 61.5 Å². The zero-order chi connectivity index (χ0) is 25.1. The monoisotopic (exact) mass is 520 g/mol. The number of allylic oxidation sites excluding steroid dienone is 1.